The summed E-state index contributed by atoms with van der Waals surface area (Å²) in [4.78, 5) is 13.9. The molecule has 0 N–H and O–H groups in total. The molecule has 1 aliphatic heterocycles. The molecule has 0 radical (unpaired) electrons. The summed E-state index contributed by atoms with van der Waals surface area (Å²) in [6.45, 7) is 0.781. The number of para-hydroxylation sites is 2. The third-order valence-electron chi connectivity index (χ3n) is 3.19. The van der Waals surface area contributed by atoms with Crippen molar-refractivity contribution in [2.45, 2.75) is 0 Å². The van der Waals surface area contributed by atoms with Gasteiger partial charge in [0.15, 0.2) is 6.61 Å². The zero-order chi connectivity index (χ0) is 14.7. The van der Waals surface area contributed by atoms with Crippen molar-refractivity contribution < 1.29 is 18.7 Å². The van der Waals surface area contributed by atoms with E-state index in [1.807, 2.05) is 24.3 Å². The van der Waals surface area contributed by atoms with Crippen LogP contribution in [0.1, 0.15) is 0 Å². The molecule has 1 aliphatic rings. The average Bonchev–Trinajstić information content (AvgIpc) is 2.52. The number of hydrogen-bond donors (Lipinski definition) is 0. The summed E-state index contributed by atoms with van der Waals surface area (Å²) in [5.41, 5.74) is 0.733. The van der Waals surface area contributed by atoms with E-state index in [4.69, 9.17) is 9.47 Å². The molecule has 0 spiro atoms. The fourth-order valence-corrected chi connectivity index (χ4v) is 2.21. The number of carbonyl (C=O) groups excluding carboxylic acids is 1. The van der Waals surface area contributed by atoms with Gasteiger partial charge in [0, 0.05) is 6.07 Å². The van der Waals surface area contributed by atoms with Crippen LogP contribution in [0.3, 0.4) is 0 Å². The van der Waals surface area contributed by atoms with Gasteiger partial charge >= 0.3 is 0 Å². The summed E-state index contributed by atoms with van der Waals surface area (Å²) in [7, 11) is 0. The molecule has 0 atom stereocenters. The third kappa shape index (κ3) is 2.97. The highest BCUT2D eigenvalue weighted by molar-refractivity contribution is 5.96. The van der Waals surface area contributed by atoms with Crippen molar-refractivity contribution in [2.24, 2.45) is 0 Å². The monoisotopic (exact) mass is 287 g/mol. The molecule has 1 amide bonds. The number of benzene rings is 2. The highest BCUT2D eigenvalue weighted by Gasteiger charge is 2.23. The highest BCUT2D eigenvalue weighted by atomic mass is 19.1. The number of fused-ring (bicyclic) bond motifs is 1. The van der Waals surface area contributed by atoms with Crippen LogP contribution in [-0.2, 0) is 4.79 Å². The first-order valence-electron chi connectivity index (χ1n) is 6.64. The van der Waals surface area contributed by atoms with Gasteiger partial charge in [0.1, 0.15) is 23.9 Å². The van der Waals surface area contributed by atoms with Gasteiger partial charge in [-0.15, -0.1) is 0 Å². The standard InChI is InChI=1S/C16H14FNO3/c17-12-4-3-5-13(10-12)21-11-16(19)18-8-9-20-15-7-2-1-6-14(15)18/h1-7,10H,8-9,11H2. The Morgan fingerprint density at radius 1 is 1.24 bits per heavy atom. The smallest absolute Gasteiger partial charge is 0.265 e. The van der Waals surface area contributed by atoms with Gasteiger partial charge in [-0.3, -0.25) is 4.79 Å². The van der Waals surface area contributed by atoms with Gasteiger partial charge in [0.2, 0.25) is 0 Å². The lowest BCUT2D eigenvalue weighted by Crippen LogP contribution is -2.40. The van der Waals surface area contributed by atoms with Crippen molar-refractivity contribution in [1.82, 2.24) is 0 Å². The number of amides is 1. The molecule has 0 unspecified atom stereocenters. The van der Waals surface area contributed by atoms with Gasteiger partial charge in [-0.25, -0.2) is 4.39 Å². The maximum Gasteiger partial charge on any atom is 0.265 e. The summed E-state index contributed by atoms with van der Waals surface area (Å²) in [6, 6.07) is 13.1. The molecule has 0 fully saturated rings. The Hall–Kier alpha value is -2.56. The van der Waals surface area contributed by atoms with E-state index in [1.165, 1.54) is 12.1 Å². The van der Waals surface area contributed by atoms with Crippen molar-refractivity contribution in [2.75, 3.05) is 24.7 Å². The van der Waals surface area contributed by atoms with E-state index in [1.54, 1.807) is 17.0 Å². The lowest BCUT2D eigenvalue weighted by atomic mass is 10.2. The number of nitrogens with zero attached hydrogens (tertiary/aromatic N) is 1. The maximum absolute atomic E-state index is 13.1. The van der Waals surface area contributed by atoms with E-state index >= 15 is 0 Å². The van der Waals surface area contributed by atoms with E-state index in [0.717, 1.165) is 5.69 Å². The van der Waals surface area contributed by atoms with Gasteiger partial charge in [-0.1, -0.05) is 18.2 Å². The minimum absolute atomic E-state index is 0.141. The zero-order valence-electron chi connectivity index (χ0n) is 11.3. The molecular formula is C16H14FNO3. The second kappa shape index (κ2) is 5.83. The molecule has 0 bridgehead atoms. The number of rotatable bonds is 3. The first-order chi connectivity index (χ1) is 10.2. The molecule has 5 heteroatoms. The summed E-state index contributed by atoms with van der Waals surface area (Å²) < 4.78 is 23.9. The van der Waals surface area contributed by atoms with Crippen LogP contribution < -0.4 is 14.4 Å². The number of ether oxygens (including phenoxy) is 2. The Morgan fingerprint density at radius 3 is 2.95 bits per heavy atom. The Bertz CT molecular complexity index is 659. The summed E-state index contributed by atoms with van der Waals surface area (Å²) in [5, 5.41) is 0. The summed E-state index contributed by atoms with van der Waals surface area (Å²) in [5.74, 6) is 0.444. The normalized spacial score (nSPS) is 13.3. The average molecular weight is 287 g/mol. The van der Waals surface area contributed by atoms with Crippen LogP contribution in [0.2, 0.25) is 0 Å². The molecular weight excluding hydrogens is 273 g/mol. The quantitative estimate of drug-likeness (QED) is 0.871. The Labute approximate surface area is 121 Å². The van der Waals surface area contributed by atoms with Crippen molar-refractivity contribution >= 4 is 11.6 Å². The molecule has 3 rings (SSSR count). The molecule has 1 heterocycles. The molecule has 0 saturated carbocycles. The predicted octanol–water partition coefficient (Wildman–Crippen LogP) is 2.63. The van der Waals surface area contributed by atoms with Crippen LogP contribution in [0, 0.1) is 5.82 Å². The molecule has 108 valence electrons. The molecule has 2 aromatic rings. The van der Waals surface area contributed by atoms with Crippen molar-refractivity contribution in [3.8, 4) is 11.5 Å². The third-order valence-corrected chi connectivity index (χ3v) is 3.19. The summed E-state index contributed by atoms with van der Waals surface area (Å²) >= 11 is 0. The van der Waals surface area contributed by atoms with Gasteiger partial charge < -0.3 is 14.4 Å². The Kier molecular flexibility index (Phi) is 3.73. The largest absolute Gasteiger partial charge is 0.490 e. The predicted molar refractivity (Wildman–Crippen MR) is 76.2 cm³/mol. The van der Waals surface area contributed by atoms with Crippen molar-refractivity contribution in [3.05, 3.63) is 54.3 Å². The highest BCUT2D eigenvalue weighted by Crippen LogP contribution is 2.30. The van der Waals surface area contributed by atoms with Crippen LogP contribution in [0.4, 0.5) is 10.1 Å². The van der Waals surface area contributed by atoms with E-state index in [-0.39, 0.29) is 12.5 Å². The van der Waals surface area contributed by atoms with Crippen molar-refractivity contribution in [3.63, 3.8) is 0 Å². The first kappa shape index (κ1) is 13.4. The minimum Gasteiger partial charge on any atom is -0.490 e. The molecule has 21 heavy (non-hydrogen) atoms. The second-order valence-corrected chi connectivity index (χ2v) is 4.61. The molecule has 4 nitrogen and oxygen atoms in total. The van der Waals surface area contributed by atoms with E-state index in [0.29, 0.717) is 24.7 Å². The van der Waals surface area contributed by atoms with Gasteiger partial charge in [0.05, 0.1) is 12.2 Å². The van der Waals surface area contributed by atoms with Crippen LogP contribution in [-0.4, -0.2) is 25.7 Å². The zero-order valence-corrected chi connectivity index (χ0v) is 11.3. The molecule has 0 aromatic heterocycles. The number of carbonyl (C=O) groups is 1. The molecule has 2 aromatic carbocycles. The fraction of sp³-hybridized carbons (Fsp3) is 0.188. The minimum atomic E-state index is -0.392. The van der Waals surface area contributed by atoms with Crippen LogP contribution in [0.5, 0.6) is 11.5 Å². The van der Waals surface area contributed by atoms with Crippen LogP contribution in [0.15, 0.2) is 48.5 Å². The first-order valence-corrected chi connectivity index (χ1v) is 6.64. The lowest BCUT2D eigenvalue weighted by molar-refractivity contribution is -0.120. The fourth-order valence-electron chi connectivity index (χ4n) is 2.21. The molecule has 0 aliphatic carbocycles. The van der Waals surface area contributed by atoms with Crippen LogP contribution >= 0.6 is 0 Å². The molecule has 0 saturated heterocycles. The maximum atomic E-state index is 13.1. The lowest BCUT2D eigenvalue weighted by Gasteiger charge is -2.29. The number of hydrogen-bond acceptors (Lipinski definition) is 3. The van der Waals surface area contributed by atoms with Gasteiger partial charge in [-0.2, -0.15) is 0 Å². The van der Waals surface area contributed by atoms with E-state index in [2.05, 4.69) is 0 Å². The SMILES string of the molecule is O=C(COc1cccc(F)c1)N1CCOc2ccccc21. The van der Waals surface area contributed by atoms with E-state index in [9.17, 15) is 9.18 Å². The topological polar surface area (TPSA) is 38.8 Å². The van der Waals surface area contributed by atoms with Crippen LogP contribution in [0.25, 0.3) is 0 Å². The second-order valence-electron chi connectivity index (χ2n) is 4.61. The summed E-state index contributed by atoms with van der Waals surface area (Å²) in [6.07, 6.45) is 0. The van der Waals surface area contributed by atoms with E-state index < -0.39 is 5.82 Å². The van der Waals surface area contributed by atoms with Gasteiger partial charge in [0.25, 0.3) is 5.91 Å². The Balaban J connectivity index is 1.69. The van der Waals surface area contributed by atoms with Crippen molar-refractivity contribution in [1.29, 1.82) is 0 Å². The Morgan fingerprint density at radius 2 is 2.10 bits per heavy atom. The number of halogens is 1. The van der Waals surface area contributed by atoms with Gasteiger partial charge in [-0.05, 0) is 24.3 Å². The number of anilines is 1.